The van der Waals surface area contributed by atoms with Gasteiger partial charge in [-0.1, -0.05) is 15.9 Å². The van der Waals surface area contributed by atoms with Gasteiger partial charge >= 0.3 is 0 Å². The summed E-state index contributed by atoms with van der Waals surface area (Å²) in [7, 11) is 1.88. The Bertz CT molecular complexity index is 445. The van der Waals surface area contributed by atoms with Gasteiger partial charge in [0.1, 0.15) is 0 Å². The second kappa shape index (κ2) is 5.02. The molecule has 0 aliphatic heterocycles. The van der Waals surface area contributed by atoms with Crippen molar-refractivity contribution < 1.29 is 4.79 Å². The highest BCUT2D eigenvalue weighted by molar-refractivity contribution is 9.10. The van der Waals surface area contributed by atoms with Gasteiger partial charge in [-0.2, -0.15) is 0 Å². The molecule has 1 aromatic carbocycles. The van der Waals surface area contributed by atoms with Crippen molar-refractivity contribution in [2.45, 2.75) is 30.7 Å². The molecular weight excluding hydrogens is 298 g/mol. The number of amides is 1. The highest BCUT2D eigenvalue weighted by Gasteiger charge is 2.33. The lowest BCUT2D eigenvalue weighted by atomic mass is 10.1. The fraction of sp³-hybridized carbons (Fsp3) is 0.462. The summed E-state index contributed by atoms with van der Waals surface area (Å²) in [6.45, 7) is 2.12. The number of rotatable bonds is 3. The predicted molar refractivity (Wildman–Crippen MR) is 75.7 cm³/mol. The average molecular weight is 314 g/mol. The quantitative estimate of drug-likeness (QED) is 0.845. The van der Waals surface area contributed by atoms with Gasteiger partial charge in [0.05, 0.1) is 5.56 Å². The van der Waals surface area contributed by atoms with Crippen LogP contribution in [0.1, 0.15) is 30.1 Å². The van der Waals surface area contributed by atoms with E-state index in [1.807, 2.05) is 30.1 Å². The first-order chi connectivity index (χ1) is 8.00. The Hall–Kier alpha value is -0.480. The van der Waals surface area contributed by atoms with Gasteiger partial charge in [0, 0.05) is 22.5 Å². The number of benzene rings is 1. The van der Waals surface area contributed by atoms with Crippen LogP contribution in [-0.2, 0) is 0 Å². The maximum Gasteiger partial charge on any atom is 0.254 e. The largest absolute Gasteiger partial charge is 0.339 e. The minimum absolute atomic E-state index is 0.0573. The molecule has 1 aliphatic carbocycles. The van der Waals surface area contributed by atoms with E-state index in [2.05, 4.69) is 35.5 Å². The average Bonchev–Trinajstić information content (AvgIpc) is 3.10. The van der Waals surface area contributed by atoms with Gasteiger partial charge in [-0.05, 0) is 43.9 Å². The number of halogens is 1. The number of hydrogen-bond acceptors (Lipinski definition) is 2. The molecule has 0 radical (unpaired) electrons. The van der Waals surface area contributed by atoms with Crippen molar-refractivity contribution in [3.05, 3.63) is 28.2 Å². The molecule has 1 amide bonds. The van der Waals surface area contributed by atoms with Gasteiger partial charge in [0.15, 0.2) is 0 Å². The molecule has 1 unspecified atom stereocenters. The third kappa shape index (κ3) is 2.86. The lowest BCUT2D eigenvalue weighted by molar-refractivity contribution is 0.0724. The normalized spacial score (nSPS) is 16.7. The number of thiol groups is 1. The van der Waals surface area contributed by atoms with Crippen LogP contribution in [0.5, 0.6) is 0 Å². The molecule has 0 saturated heterocycles. The predicted octanol–water partition coefficient (Wildman–Crippen LogP) is 3.61. The molecule has 1 atom stereocenters. The number of hydrogen-bond donors (Lipinski definition) is 1. The Morgan fingerprint density at radius 1 is 1.53 bits per heavy atom. The van der Waals surface area contributed by atoms with E-state index in [4.69, 9.17) is 0 Å². The maximum atomic E-state index is 12.3. The van der Waals surface area contributed by atoms with Crippen molar-refractivity contribution in [1.82, 2.24) is 4.90 Å². The van der Waals surface area contributed by atoms with Gasteiger partial charge in [0.25, 0.3) is 5.91 Å². The fourth-order valence-electron chi connectivity index (χ4n) is 1.96. The first-order valence-corrected chi connectivity index (χ1v) is 7.00. The summed E-state index contributed by atoms with van der Waals surface area (Å²) in [5, 5.41) is 0. The van der Waals surface area contributed by atoms with Crippen LogP contribution in [0.3, 0.4) is 0 Å². The summed E-state index contributed by atoms with van der Waals surface area (Å²) in [4.78, 5) is 14.9. The Morgan fingerprint density at radius 3 is 2.71 bits per heavy atom. The molecule has 1 fully saturated rings. The molecule has 0 aromatic heterocycles. The third-order valence-electron chi connectivity index (χ3n) is 3.43. The van der Waals surface area contributed by atoms with Gasteiger partial charge in [-0.25, -0.2) is 0 Å². The molecule has 0 bridgehead atoms. The molecule has 2 rings (SSSR count). The highest BCUT2D eigenvalue weighted by atomic mass is 79.9. The van der Waals surface area contributed by atoms with E-state index in [-0.39, 0.29) is 5.91 Å². The van der Waals surface area contributed by atoms with Crippen molar-refractivity contribution in [2.75, 3.05) is 7.05 Å². The zero-order chi connectivity index (χ0) is 12.6. The minimum atomic E-state index is 0.0573. The smallest absolute Gasteiger partial charge is 0.254 e. The van der Waals surface area contributed by atoms with Crippen LogP contribution in [0.25, 0.3) is 0 Å². The molecule has 4 heteroatoms. The third-order valence-corrected chi connectivity index (χ3v) is 4.29. The van der Waals surface area contributed by atoms with Crippen molar-refractivity contribution in [2.24, 2.45) is 5.92 Å². The maximum absolute atomic E-state index is 12.3. The minimum Gasteiger partial charge on any atom is -0.339 e. The molecule has 1 aliphatic rings. The molecule has 2 nitrogen and oxygen atoms in total. The Morgan fingerprint density at radius 2 is 2.18 bits per heavy atom. The lowest BCUT2D eigenvalue weighted by Gasteiger charge is -2.25. The summed E-state index contributed by atoms with van der Waals surface area (Å²) in [5.74, 6) is 0.740. The number of carbonyl (C=O) groups excluding carboxylic acids is 1. The Labute approximate surface area is 116 Å². The standard InChI is InChI=1S/C13H16BrNOS/c1-8(9-3-4-9)15(2)13(16)11-6-5-10(14)7-12(11)17/h5-9,17H,3-4H2,1-2H3. The van der Waals surface area contributed by atoms with Crippen molar-refractivity contribution >= 4 is 34.5 Å². The zero-order valence-corrected chi connectivity index (χ0v) is 12.5. The fourth-order valence-corrected chi connectivity index (χ4v) is 2.80. The van der Waals surface area contributed by atoms with E-state index in [0.717, 1.165) is 9.37 Å². The molecular formula is C13H16BrNOS. The van der Waals surface area contributed by atoms with Crippen LogP contribution >= 0.6 is 28.6 Å². The molecule has 92 valence electrons. The van der Waals surface area contributed by atoms with Crippen molar-refractivity contribution in [3.63, 3.8) is 0 Å². The van der Waals surface area contributed by atoms with Crippen LogP contribution in [0.2, 0.25) is 0 Å². The van der Waals surface area contributed by atoms with Gasteiger partial charge in [-0.3, -0.25) is 4.79 Å². The zero-order valence-electron chi connectivity index (χ0n) is 9.98. The molecule has 1 aromatic rings. The van der Waals surface area contributed by atoms with Crippen LogP contribution in [0.4, 0.5) is 0 Å². The van der Waals surface area contributed by atoms with Gasteiger partial charge in [0.2, 0.25) is 0 Å². The second-order valence-electron chi connectivity index (χ2n) is 4.66. The Kier molecular flexibility index (Phi) is 3.83. The van der Waals surface area contributed by atoms with Crippen LogP contribution in [-0.4, -0.2) is 23.9 Å². The van der Waals surface area contributed by atoms with Crippen molar-refractivity contribution in [3.8, 4) is 0 Å². The summed E-state index contributed by atoms with van der Waals surface area (Å²) < 4.78 is 0.942. The summed E-state index contributed by atoms with van der Waals surface area (Å²) in [6, 6.07) is 5.87. The SMILES string of the molecule is CC(C1CC1)N(C)C(=O)c1ccc(Br)cc1S. The van der Waals surface area contributed by atoms with E-state index in [0.29, 0.717) is 17.5 Å². The molecule has 0 spiro atoms. The van der Waals surface area contributed by atoms with E-state index in [1.165, 1.54) is 12.8 Å². The molecule has 0 heterocycles. The van der Waals surface area contributed by atoms with E-state index in [1.54, 1.807) is 0 Å². The summed E-state index contributed by atoms with van der Waals surface area (Å²) >= 11 is 7.73. The number of carbonyl (C=O) groups is 1. The van der Waals surface area contributed by atoms with Crippen LogP contribution in [0, 0.1) is 5.92 Å². The van der Waals surface area contributed by atoms with E-state index < -0.39 is 0 Å². The topological polar surface area (TPSA) is 20.3 Å². The lowest BCUT2D eigenvalue weighted by Crippen LogP contribution is -2.36. The Balaban J connectivity index is 2.18. The molecule has 17 heavy (non-hydrogen) atoms. The van der Waals surface area contributed by atoms with E-state index in [9.17, 15) is 4.79 Å². The molecule has 0 N–H and O–H groups in total. The van der Waals surface area contributed by atoms with Gasteiger partial charge < -0.3 is 4.90 Å². The first-order valence-electron chi connectivity index (χ1n) is 5.76. The van der Waals surface area contributed by atoms with Crippen LogP contribution in [0.15, 0.2) is 27.6 Å². The monoisotopic (exact) mass is 313 g/mol. The van der Waals surface area contributed by atoms with Crippen molar-refractivity contribution in [1.29, 1.82) is 0 Å². The van der Waals surface area contributed by atoms with Crippen LogP contribution < -0.4 is 0 Å². The first kappa shape index (κ1) is 13.0. The summed E-state index contributed by atoms with van der Waals surface area (Å²) in [6.07, 6.45) is 2.49. The molecule has 1 saturated carbocycles. The highest BCUT2D eigenvalue weighted by Crippen LogP contribution is 2.35. The second-order valence-corrected chi connectivity index (χ2v) is 6.05. The van der Waals surface area contributed by atoms with Gasteiger partial charge in [-0.15, -0.1) is 12.6 Å². The summed E-state index contributed by atoms with van der Waals surface area (Å²) in [5.41, 5.74) is 0.673. The van der Waals surface area contributed by atoms with E-state index >= 15 is 0 Å². The number of nitrogens with zero attached hydrogens (tertiary/aromatic N) is 1.